The molecular weight excluding hydrogens is 276 g/mol. The molecule has 0 atom stereocenters. The summed E-state index contributed by atoms with van der Waals surface area (Å²) in [4.78, 5) is 7.20. The Labute approximate surface area is 135 Å². The molecule has 0 aromatic heterocycles. The van der Waals surface area contributed by atoms with E-state index in [2.05, 4.69) is 29.5 Å². The Morgan fingerprint density at radius 2 is 1.82 bits per heavy atom. The number of hydrogen-bond donors (Lipinski definition) is 3. The van der Waals surface area contributed by atoms with Crippen LogP contribution in [0.2, 0.25) is 0 Å². The van der Waals surface area contributed by atoms with Crippen LogP contribution >= 0.6 is 0 Å². The highest BCUT2D eigenvalue weighted by Crippen LogP contribution is 2.22. The van der Waals surface area contributed by atoms with Crippen LogP contribution in [0, 0.1) is 0 Å². The van der Waals surface area contributed by atoms with Crippen molar-refractivity contribution in [3.05, 3.63) is 0 Å². The van der Waals surface area contributed by atoms with Crippen molar-refractivity contribution in [2.75, 3.05) is 26.7 Å². The first-order valence-corrected chi connectivity index (χ1v) is 9.12. The van der Waals surface area contributed by atoms with Crippen LogP contribution in [0.4, 0.5) is 0 Å². The molecule has 0 aromatic rings. The number of likely N-dealkylation sites (N-methyl/N-ethyl adjacent to an activating group) is 1. The maximum absolute atomic E-state index is 9.59. The van der Waals surface area contributed by atoms with Gasteiger partial charge >= 0.3 is 0 Å². The second-order valence-electron chi connectivity index (χ2n) is 6.83. The number of aliphatic hydroxyl groups is 1. The van der Waals surface area contributed by atoms with Gasteiger partial charge in [0.15, 0.2) is 5.96 Å². The molecule has 5 heteroatoms. The molecule has 0 amide bonds. The molecule has 128 valence electrons. The molecular formula is C17H34N4O. The van der Waals surface area contributed by atoms with Crippen molar-refractivity contribution in [1.82, 2.24) is 15.5 Å². The van der Waals surface area contributed by atoms with E-state index in [1.165, 1.54) is 25.7 Å². The fourth-order valence-corrected chi connectivity index (χ4v) is 3.58. The smallest absolute Gasteiger partial charge is 0.191 e. The van der Waals surface area contributed by atoms with E-state index in [1.807, 2.05) is 0 Å². The van der Waals surface area contributed by atoms with Crippen molar-refractivity contribution in [2.45, 2.75) is 76.5 Å². The highest BCUT2D eigenvalue weighted by molar-refractivity contribution is 5.80. The van der Waals surface area contributed by atoms with E-state index in [-0.39, 0.29) is 6.10 Å². The number of rotatable bonds is 6. The van der Waals surface area contributed by atoms with Crippen LogP contribution in [0.15, 0.2) is 4.99 Å². The van der Waals surface area contributed by atoms with E-state index in [1.54, 1.807) is 0 Å². The molecule has 0 radical (unpaired) electrons. The van der Waals surface area contributed by atoms with Gasteiger partial charge in [-0.05, 0) is 52.5 Å². The van der Waals surface area contributed by atoms with Crippen molar-refractivity contribution in [1.29, 1.82) is 0 Å². The van der Waals surface area contributed by atoms with Gasteiger partial charge in [-0.15, -0.1) is 0 Å². The molecule has 2 saturated carbocycles. The van der Waals surface area contributed by atoms with E-state index in [0.717, 1.165) is 57.3 Å². The molecule has 3 N–H and O–H groups in total. The summed E-state index contributed by atoms with van der Waals surface area (Å²) in [5, 5.41) is 16.5. The minimum absolute atomic E-state index is 0.0994. The molecule has 0 bridgehead atoms. The standard InChI is InChI=1S/C17H34N4O/c1-3-18-17(20-14-8-10-16(22)11-9-14)19-12-13-21(2)15-6-4-5-7-15/h14-16,22H,3-13H2,1-2H3,(H2,18,19,20). The summed E-state index contributed by atoms with van der Waals surface area (Å²) in [7, 11) is 2.23. The van der Waals surface area contributed by atoms with Crippen molar-refractivity contribution in [3.63, 3.8) is 0 Å². The topological polar surface area (TPSA) is 59.9 Å². The predicted molar refractivity (Wildman–Crippen MR) is 92.3 cm³/mol. The molecule has 22 heavy (non-hydrogen) atoms. The molecule has 2 aliphatic carbocycles. The average molecular weight is 310 g/mol. The van der Waals surface area contributed by atoms with Gasteiger partial charge in [-0.1, -0.05) is 12.8 Å². The molecule has 2 rings (SSSR count). The zero-order chi connectivity index (χ0) is 15.8. The fourth-order valence-electron chi connectivity index (χ4n) is 3.58. The minimum atomic E-state index is -0.0994. The third-order valence-corrected chi connectivity index (χ3v) is 5.05. The van der Waals surface area contributed by atoms with Gasteiger partial charge in [0.1, 0.15) is 0 Å². The Morgan fingerprint density at radius 1 is 1.14 bits per heavy atom. The van der Waals surface area contributed by atoms with E-state index < -0.39 is 0 Å². The van der Waals surface area contributed by atoms with E-state index in [4.69, 9.17) is 4.99 Å². The van der Waals surface area contributed by atoms with Crippen LogP contribution in [0.5, 0.6) is 0 Å². The van der Waals surface area contributed by atoms with Crippen LogP contribution < -0.4 is 10.6 Å². The number of nitrogens with zero attached hydrogens (tertiary/aromatic N) is 2. The lowest BCUT2D eigenvalue weighted by molar-refractivity contribution is 0.120. The lowest BCUT2D eigenvalue weighted by atomic mass is 9.93. The number of nitrogens with one attached hydrogen (secondary N) is 2. The van der Waals surface area contributed by atoms with Crippen LogP contribution in [0.25, 0.3) is 0 Å². The minimum Gasteiger partial charge on any atom is -0.393 e. The van der Waals surface area contributed by atoms with E-state index in [9.17, 15) is 5.11 Å². The lowest BCUT2D eigenvalue weighted by Crippen LogP contribution is -2.45. The molecule has 0 heterocycles. The first kappa shape index (κ1) is 17.5. The molecule has 2 aliphatic rings. The number of hydrogen-bond acceptors (Lipinski definition) is 3. The van der Waals surface area contributed by atoms with Gasteiger partial charge in [0.05, 0.1) is 12.6 Å². The fraction of sp³-hybridized carbons (Fsp3) is 0.941. The first-order valence-electron chi connectivity index (χ1n) is 9.12. The third-order valence-electron chi connectivity index (χ3n) is 5.05. The Hall–Kier alpha value is -0.810. The summed E-state index contributed by atoms with van der Waals surface area (Å²) < 4.78 is 0. The zero-order valence-corrected chi connectivity index (χ0v) is 14.4. The summed E-state index contributed by atoms with van der Waals surface area (Å²) in [6, 6.07) is 1.22. The molecule has 5 nitrogen and oxygen atoms in total. The normalized spacial score (nSPS) is 27.4. The maximum Gasteiger partial charge on any atom is 0.191 e. The predicted octanol–water partition coefficient (Wildman–Crippen LogP) is 1.72. The maximum atomic E-state index is 9.59. The van der Waals surface area contributed by atoms with Crippen molar-refractivity contribution in [2.24, 2.45) is 4.99 Å². The van der Waals surface area contributed by atoms with Gasteiger partial charge in [0.25, 0.3) is 0 Å². The van der Waals surface area contributed by atoms with Gasteiger partial charge in [0, 0.05) is 25.2 Å². The van der Waals surface area contributed by atoms with Crippen LogP contribution in [-0.4, -0.2) is 60.8 Å². The number of guanidine groups is 1. The van der Waals surface area contributed by atoms with Gasteiger partial charge in [-0.25, -0.2) is 0 Å². The first-order chi connectivity index (χ1) is 10.7. The van der Waals surface area contributed by atoms with Crippen molar-refractivity contribution in [3.8, 4) is 0 Å². The summed E-state index contributed by atoms with van der Waals surface area (Å²) >= 11 is 0. The lowest BCUT2D eigenvalue weighted by Gasteiger charge is -2.28. The number of aliphatic hydroxyl groups excluding tert-OH is 1. The Balaban J connectivity index is 1.74. The van der Waals surface area contributed by atoms with Crippen molar-refractivity contribution < 1.29 is 5.11 Å². The second kappa shape index (κ2) is 9.36. The van der Waals surface area contributed by atoms with Crippen LogP contribution in [-0.2, 0) is 0 Å². The molecule has 2 fully saturated rings. The van der Waals surface area contributed by atoms with Gasteiger partial charge in [0.2, 0.25) is 0 Å². The zero-order valence-electron chi connectivity index (χ0n) is 14.4. The van der Waals surface area contributed by atoms with E-state index in [0.29, 0.717) is 6.04 Å². The highest BCUT2D eigenvalue weighted by Gasteiger charge is 2.20. The molecule has 0 spiro atoms. The average Bonchev–Trinajstić information content (AvgIpc) is 3.04. The molecule has 0 aromatic carbocycles. The monoisotopic (exact) mass is 310 g/mol. The SMILES string of the molecule is CCNC(=NCCN(C)C1CCCC1)NC1CCC(O)CC1. The second-order valence-corrected chi connectivity index (χ2v) is 6.83. The van der Waals surface area contributed by atoms with Gasteiger partial charge in [-0.3, -0.25) is 4.99 Å². The Bertz CT molecular complexity index is 334. The molecule has 0 saturated heterocycles. The third kappa shape index (κ3) is 5.76. The summed E-state index contributed by atoms with van der Waals surface area (Å²) in [5.74, 6) is 0.934. The van der Waals surface area contributed by atoms with Gasteiger partial charge < -0.3 is 20.6 Å². The van der Waals surface area contributed by atoms with Gasteiger partial charge in [-0.2, -0.15) is 0 Å². The highest BCUT2D eigenvalue weighted by atomic mass is 16.3. The van der Waals surface area contributed by atoms with E-state index >= 15 is 0 Å². The summed E-state index contributed by atoms with van der Waals surface area (Å²) in [5.41, 5.74) is 0. The Kier molecular flexibility index (Phi) is 7.46. The largest absolute Gasteiger partial charge is 0.393 e. The van der Waals surface area contributed by atoms with Crippen LogP contribution in [0.1, 0.15) is 58.3 Å². The number of aliphatic imine (C=N–C) groups is 1. The summed E-state index contributed by atoms with van der Waals surface area (Å²) in [6.07, 6.45) is 9.25. The van der Waals surface area contributed by atoms with Crippen LogP contribution in [0.3, 0.4) is 0 Å². The molecule has 0 aliphatic heterocycles. The molecule has 0 unspecified atom stereocenters. The summed E-state index contributed by atoms with van der Waals surface area (Å²) in [6.45, 7) is 4.87. The quantitative estimate of drug-likeness (QED) is 0.516. The Morgan fingerprint density at radius 3 is 2.45 bits per heavy atom. The van der Waals surface area contributed by atoms with Crippen molar-refractivity contribution >= 4 is 5.96 Å².